The van der Waals surface area contributed by atoms with Gasteiger partial charge < -0.3 is 10.1 Å². The van der Waals surface area contributed by atoms with Gasteiger partial charge in [0, 0.05) is 6.42 Å². The van der Waals surface area contributed by atoms with Crippen molar-refractivity contribution in [3.05, 3.63) is 0 Å². The van der Waals surface area contributed by atoms with E-state index in [4.69, 9.17) is 4.74 Å². The fraction of sp³-hybridized carbons (Fsp3) is 0.700. The highest BCUT2D eigenvalue weighted by Gasteiger charge is 2.37. The van der Waals surface area contributed by atoms with Gasteiger partial charge in [0.2, 0.25) is 17.5 Å². The summed E-state index contributed by atoms with van der Waals surface area (Å²) in [6, 6.07) is -0.749. The molecule has 0 aliphatic carbocycles. The molecule has 5 nitrogen and oxygen atoms in total. The summed E-state index contributed by atoms with van der Waals surface area (Å²) < 4.78 is 4.71. The zero-order valence-corrected chi connectivity index (χ0v) is 8.91. The van der Waals surface area contributed by atoms with Gasteiger partial charge in [-0.05, 0) is 13.3 Å². The van der Waals surface area contributed by atoms with Crippen LogP contribution in [-0.2, 0) is 19.1 Å². The molecule has 2 atom stereocenters. The van der Waals surface area contributed by atoms with Gasteiger partial charge in [-0.2, -0.15) is 0 Å². The lowest BCUT2D eigenvalue weighted by atomic mass is 10.1. The minimum absolute atomic E-state index is 0.206. The lowest BCUT2D eigenvalue weighted by Gasteiger charge is -2.10. The monoisotopic (exact) mass is 213 g/mol. The Balaban J connectivity index is 2.38. The van der Waals surface area contributed by atoms with Crippen LogP contribution < -0.4 is 5.32 Å². The Labute approximate surface area is 88.2 Å². The van der Waals surface area contributed by atoms with Crippen molar-refractivity contribution in [3.63, 3.8) is 0 Å². The summed E-state index contributed by atoms with van der Waals surface area (Å²) in [5, 5.41) is 2.48. The average Bonchev–Trinajstić information content (AvgIpc) is 2.99. The van der Waals surface area contributed by atoms with Crippen molar-refractivity contribution in [2.75, 3.05) is 6.61 Å². The van der Waals surface area contributed by atoms with Crippen LogP contribution in [0.3, 0.4) is 0 Å². The number of amides is 1. The van der Waals surface area contributed by atoms with Gasteiger partial charge in [-0.1, -0.05) is 6.92 Å². The third kappa shape index (κ3) is 3.43. The third-order valence-electron chi connectivity index (χ3n) is 2.12. The van der Waals surface area contributed by atoms with E-state index in [1.165, 1.54) is 6.92 Å². The summed E-state index contributed by atoms with van der Waals surface area (Å²) in [5.74, 6) is -1.33. The van der Waals surface area contributed by atoms with E-state index in [0.717, 1.165) is 0 Å². The van der Waals surface area contributed by atoms with Gasteiger partial charge in [0.1, 0.15) is 6.10 Å². The maximum atomic E-state index is 11.4. The van der Waals surface area contributed by atoms with Gasteiger partial charge >= 0.3 is 0 Å². The number of carbonyl (C=O) groups is 3. The summed E-state index contributed by atoms with van der Waals surface area (Å²) in [6.45, 7) is 3.70. The summed E-state index contributed by atoms with van der Waals surface area (Å²) in [6.07, 6.45) is 0.515. The molecule has 1 heterocycles. The summed E-state index contributed by atoms with van der Waals surface area (Å²) in [7, 11) is 0. The number of rotatable bonds is 6. The van der Waals surface area contributed by atoms with Crippen LogP contribution in [0.2, 0.25) is 0 Å². The first-order valence-corrected chi connectivity index (χ1v) is 5.05. The topological polar surface area (TPSA) is 75.8 Å². The molecule has 0 aromatic heterocycles. The first kappa shape index (κ1) is 11.8. The molecule has 0 radical (unpaired) electrons. The largest absolute Gasteiger partial charge is 0.364 e. The first-order chi connectivity index (χ1) is 7.06. The molecule has 2 unspecified atom stereocenters. The van der Waals surface area contributed by atoms with E-state index >= 15 is 0 Å². The number of hydrogen-bond acceptors (Lipinski definition) is 4. The van der Waals surface area contributed by atoms with Crippen LogP contribution in [-0.4, -0.2) is 36.2 Å². The normalized spacial score (nSPS) is 20.5. The van der Waals surface area contributed by atoms with Crippen LogP contribution in [0.25, 0.3) is 0 Å². The van der Waals surface area contributed by atoms with Crippen molar-refractivity contribution >= 4 is 17.5 Å². The number of carbonyl (C=O) groups excluding carboxylic acids is 3. The molecular formula is C10H15NO4. The number of epoxide rings is 1. The van der Waals surface area contributed by atoms with Crippen LogP contribution in [0, 0.1) is 0 Å². The van der Waals surface area contributed by atoms with E-state index < -0.39 is 23.7 Å². The Morgan fingerprint density at radius 2 is 2.07 bits per heavy atom. The van der Waals surface area contributed by atoms with Crippen LogP contribution in [0.5, 0.6) is 0 Å². The van der Waals surface area contributed by atoms with Crippen molar-refractivity contribution in [1.29, 1.82) is 0 Å². The van der Waals surface area contributed by atoms with Crippen molar-refractivity contribution < 1.29 is 19.1 Å². The molecule has 1 rings (SSSR count). The Morgan fingerprint density at radius 1 is 1.47 bits per heavy atom. The first-order valence-electron chi connectivity index (χ1n) is 5.05. The molecule has 1 amide bonds. The van der Waals surface area contributed by atoms with E-state index in [2.05, 4.69) is 5.32 Å². The maximum absolute atomic E-state index is 11.4. The van der Waals surface area contributed by atoms with Gasteiger partial charge in [0.05, 0.1) is 12.6 Å². The quantitative estimate of drug-likeness (QED) is 0.491. The van der Waals surface area contributed by atoms with Crippen LogP contribution >= 0.6 is 0 Å². The van der Waals surface area contributed by atoms with Crippen LogP contribution in [0.1, 0.15) is 26.7 Å². The SMILES string of the molecule is CCCC(=O)NC(C)C(=O)C(=O)C1CO1. The molecule has 0 bridgehead atoms. The van der Waals surface area contributed by atoms with Gasteiger partial charge in [-0.15, -0.1) is 0 Å². The Morgan fingerprint density at radius 3 is 2.53 bits per heavy atom. The van der Waals surface area contributed by atoms with Crippen molar-refractivity contribution in [3.8, 4) is 0 Å². The van der Waals surface area contributed by atoms with E-state index in [9.17, 15) is 14.4 Å². The number of Topliss-reactive ketones (excluding diaryl/α,β-unsaturated/α-hetero) is 2. The average molecular weight is 213 g/mol. The lowest BCUT2D eigenvalue weighted by molar-refractivity contribution is -0.139. The van der Waals surface area contributed by atoms with Crippen LogP contribution in [0.15, 0.2) is 0 Å². The molecule has 1 aliphatic heterocycles. The molecule has 84 valence electrons. The molecule has 15 heavy (non-hydrogen) atoms. The number of nitrogens with one attached hydrogen (secondary N) is 1. The predicted octanol–water partition coefficient (Wildman–Crippen LogP) is -0.172. The van der Waals surface area contributed by atoms with Gasteiger partial charge in [-0.3, -0.25) is 14.4 Å². The molecular weight excluding hydrogens is 198 g/mol. The van der Waals surface area contributed by atoms with Gasteiger partial charge in [-0.25, -0.2) is 0 Å². The highest BCUT2D eigenvalue weighted by molar-refractivity contribution is 6.41. The molecule has 0 spiro atoms. The fourth-order valence-corrected chi connectivity index (χ4v) is 1.18. The second kappa shape index (κ2) is 5.02. The summed E-state index contributed by atoms with van der Waals surface area (Å²) >= 11 is 0. The minimum atomic E-state index is -0.749. The lowest BCUT2D eigenvalue weighted by Crippen LogP contribution is -2.42. The molecule has 5 heteroatoms. The van der Waals surface area contributed by atoms with E-state index in [-0.39, 0.29) is 5.91 Å². The summed E-state index contributed by atoms with van der Waals surface area (Å²) in [5.41, 5.74) is 0. The number of ketones is 2. The van der Waals surface area contributed by atoms with E-state index in [1.54, 1.807) is 0 Å². The zero-order valence-electron chi connectivity index (χ0n) is 8.91. The zero-order chi connectivity index (χ0) is 11.4. The molecule has 0 aromatic carbocycles. The minimum Gasteiger partial charge on any atom is -0.364 e. The highest BCUT2D eigenvalue weighted by atomic mass is 16.6. The molecule has 1 saturated heterocycles. The molecule has 1 aliphatic rings. The maximum Gasteiger partial charge on any atom is 0.231 e. The van der Waals surface area contributed by atoms with E-state index in [0.29, 0.717) is 19.4 Å². The smallest absolute Gasteiger partial charge is 0.231 e. The van der Waals surface area contributed by atoms with Gasteiger partial charge in [0.15, 0.2) is 0 Å². The summed E-state index contributed by atoms with van der Waals surface area (Å²) in [4.78, 5) is 33.8. The number of ether oxygens (including phenoxy) is 1. The highest BCUT2D eigenvalue weighted by Crippen LogP contribution is 2.11. The number of hydrogen-bond donors (Lipinski definition) is 1. The van der Waals surface area contributed by atoms with Gasteiger partial charge in [0.25, 0.3) is 0 Å². The fourth-order valence-electron chi connectivity index (χ4n) is 1.18. The molecule has 1 fully saturated rings. The van der Waals surface area contributed by atoms with Crippen molar-refractivity contribution in [2.45, 2.75) is 38.8 Å². The van der Waals surface area contributed by atoms with E-state index in [1.807, 2.05) is 6.92 Å². The second-order valence-corrected chi connectivity index (χ2v) is 3.59. The Bertz CT molecular complexity index is 283. The Hall–Kier alpha value is -1.23. The van der Waals surface area contributed by atoms with Crippen LogP contribution in [0.4, 0.5) is 0 Å². The molecule has 1 N–H and O–H groups in total. The Kier molecular flexibility index (Phi) is 3.96. The standard InChI is InChI=1S/C10H15NO4/c1-3-4-8(12)11-6(2)9(13)10(14)7-5-15-7/h6-7H,3-5H2,1-2H3,(H,11,12). The second-order valence-electron chi connectivity index (χ2n) is 3.59. The predicted molar refractivity (Wildman–Crippen MR) is 52.3 cm³/mol. The third-order valence-corrected chi connectivity index (χ3v) is 2.12. The molecule has 0 aromatic rings. The van der Waals surface area contributed by atoms with Crippen molar-refractivity contribution in [1.82, 2.24) is 5.32 Å². The molecule has 0 saturated carbocycles. The van der Waals surface area contributed by atoms with Crippen molar-refractivity contribution in [2.24, 2.45) is 0 Å².